The van der Waals surface area contributed by atoms with E-state index in [0.29, 0.717) is 0 Å². The van der Waals surface area contributed by atoms with Crippen LogP contribution in [0.1, 0.15) is 20.3 Å². The molecule has 0 aromatic heterocycles. The van der Waals surface area contributed by atoms with Crippen LogP contribution < -0.4 is 0 Å². The Morgan fingerprint density at radius 3 is 2.27 bits per heavy atom. The topological polar surface area (TPSA) is 37.3 Å². The van der Waals surface area contributed by atoms with Crippen LogP contribution in [0.25, 0.3) is 0 Å². The highest BCUT2D eigenvalue weighted by Crippen LogP contribution is 2.61. The second-order valence-corrected chi connectivity index (χ2v) is 5.02. The summed E-state index contributed by atoms with van der Waals surface area (Å²) in [5, 5.41) is 6.80. The van der Waals surface area contributed by atoms with Gasteiger partial charge in [0.1, 0.15) is 5.38 Å². The number of hydrogen-bond acceptors (Lipinski definition) is 1. The lowest BCUT2D eigenvalue weighted by molar-refractivity contribution is -0.141. The maximum absolute atomic E-state index is 12.1. The van der Waals surface area contributed by atoms with Crippen LogP contribution in [0.3, 0.4) is 0 Å². The van der Waals surface area contributed by atoms with Crippen LogP contribution in [0.5, 0.6) is 0 Å². The Morgan fingerprint density at radius 2 is 2.00 bits per heavy atom. The molecule has 0 amide bonds. The summed E-state index contributed by atoms with van der Waals surface area (Å²) in [5.41, 5.74) is -0.579. The first-order valence-electron chi connectivity index (χ1n) is 4.52. The molecule has 88 valence electrons. The molecule has 0 saturated heterocycles. The lowest BCUT2D eigenvalue weighted by atomic mass is 10.1. The molecule has 0 aromatic carbocycles. The van der Waals surface area contributed by atoms with E-state index in [1.165, 1.54) is 0 Å². The number of halogens is 4. The summed E-state index contributed by atoms with van der Waals surface area (Å²) in [6.07, 6.45) is -4.78. The second kappa shape index (κ2) is 3.54. The van der Waals surface area contributed by atoms with Gasteiger partial charge >= 0.3 is 12.1 Å². The molecule has 0 radical (unpaired) electrons. The molecule has 1 unspecified atom stereocenters. The molecule has 0 heterocycles. The fourth-order valence-corrected chi connectivity index (χ4v) is 2.22. The van der Waals surface area contributed by atoms with E-state index >= 15 is 0 Å². The van der Waals surface area contributed by atoms with Gasteiger partial charge in [-0.2, -0.15) is 13.2 Å². The molecule has 0 aromatic rings. The van der Waals surface area contributed by atoms with Crippen LogP contribution >= 0.6 is 11.6 Å². The van der Waals surface area contributed by atoms with Crippen molar-refractivity contribution in [2.75, 3.05) is 0 Å². The van der Waals surface area contributed by atoms with Gasteiger partial charge in [-0.15, -0.1) is 11.6 Å². The number of hydrogen-bond donors (Lipinski definition) is 1. The van der Waals surface area contributed by atoms with Crippen LogP contribution in [0, 0.1) is 17.3 Å². The van der Waals surface area contributed by atoms with Gasteiger partial charge in [0.05, 0.1) is 5.92 Å². The summed E-state index contributed by atoms with van der Waals surface area (Å²) in [5.74, 6) is -2.24. The van der Waals surface area contributed by atoms with Gasteiger partial charge in [-0.1, -0.05) is 13.8 Å². The van der Waals surface area contributed by atoms with Crippen molar-refractivity contribution in [1.82, 2.24) is 0 Å². The Bertz CT molecular complexity index is 275. The summed E-state index contributed by atoms with van der Waals surface area (Å²) < 4.78 is 36.4. The molecular formula is C9H12ClF3O2. The maximum atomic E-state index is 12.1. The Hall–Kier alpha value is -0.450. The monoisotopic (exact) mass is 244 g/mol. The van der Waals surface area contributed by atoms with Gasteiger partial charge in [-0.3, -0.25) is 4.79 Å². The summed E-state index contributed by atoms with van der Waals surface area (Å²) in [6.45, 7) is 3.30. The molecule has 2 nitrogen and oxygen atoms in total. The first kappa shape index (κ1) is 12.6. The van der Waals surface area contributed by atoms with E-state index in [1.54, 1.807) is 13.8 Å². The molecule has 1 aliphatic carbocycles. The summed E-state index contributed by atoms with van der Waals surface area (Å²) in [7, 11) is 0. The third-order valence-corrected chi connectivity index (χ3v) is 3.56. The third kappa shape index (κ3) is 2.38. The van der Waals surface area contributed by atoms with E-state index in [4.69, 9.17) is 16.7 Å². The van der Waals surface area contributed by atoms with E-state index in [0.717, 1.165) is 0 Å². The highest BCUT2D eigenvalue weighted by molar-refractivity contribution is 6.21. The Kier molecular flexibility index (Phi) is 2.98. The van der Waals surface area contributed by atoms with Crippen LogP contribution in [0.15, 0.2) is 0 Å². The Morgan fingerprint density at radius 1 is 1.53 bits per heavy atom. The lowest BCUT2D eigenvalue weighted by Gasteiger charge is -2.13. The van der Waals surface area contributed by atoms with Gasteiger partial charge in [0.15, 0.2) is 0 Å². The fourth-order valence-electron chi connectivity index (χ4n) is 2.03. The number of aliphatic carboxylic acids is 1. The molecule has 1 rings (SSSR count). The van der Waals surface area contributed by atoms with E-state index in [9.17, 15) is 18.0 Å². The molecule has 3 atom stereocenters. The highest BCUT2D eigenvalue weighted by atomic mass is 35.5. The number of rotatable bonds is 3. The van der Waals surface area contributed by atoms with Crippen molar-refractivity contribution in [3.05, 3.63) is 0 Å². The van der Waals surface area contributed by atoms with Crippen LogP contribution in [0.4, 0.5) is 13.2 Å². The standard InChI is InChI=1S/C9H12ClF3O2/c1-8(2)4(6(8)7(14)15)3-5(10)9(11,12)13/h4-6H,3H2,1-2H3,(H,14,15)/t4-,5?,6+/m0/s1. The van der Waals surface area contributed by atoms with Crippen molar-refractivity contribution >= 4 is 17.6 Å². The van der Waals surface area contributed by atoms with Crippen LogP contribution in [0.2, 0.25) is 0 Å². The normalized spacial score (nSPS) is 31.1. The second-order valence-electron chi connectivity index (χ2n) is 4.49. The van der Waals surface area contributed by atoms with E-state index < -0.39 is 34.8 Å². The molecule has 6 heteroatoms. The molecule has 1 aliphatic rings. The summed E-state index contributed by atoms with van der Waals surface area (Å²) >= 11 is 5.17. The van der Waals surface area contributed by atoms with Crippen molar-refractivity contribution in [3.63, 3.8) is 0 Å². The SMILES string of the molecule is CC1(C)[C@@H](CC(Cl)C(F)(F)F)[C@@H]1C(=O)O. The van der Waals surface area contributed by atoms with Gasteiger partial charge in [-0.05, 0) is 17.8 Å². The predicted molar refractivity (Wildman–Crippen MR) is 48.7 cm³/mol. The van der Waals surface area contributed by atoms with Crippen molar-refractivity contribution in [2.24, 2.45) is 17.3 Å². The molecule has 1 saturated carbocycles. The first-order valence-corrected chi connectivity index (χ1v) is 4.95. The quantitative estimate of drug-likeness (QED) is 0.775. The van der Waals surface area contributed by atoms with Crippen molar-refractivity contribution in [3.8, 4) is 0 Å². The van der Waals surface area contributed by atoms with E-state index in [-0.39, 0.29) is 6.42 Å². The largest absolute Gasteiger partial charge is 0.481 e. The number of carboxylic acids is 1. The molecule has 0 aliphatic heterocycles. The lowest BCUT2D eigenvalue weighted by Crippen LogP contribution is -2.24. The van der Waals surface area contributed by atoms with Gasteiger partial charge in [0, 0.05) is 0 Å². The van der Waals surface area contributed by atoms with Crippen molar-refractivity contribution in [2.45, 2.75) is 31.8 Å². The minimum Gasteiger partial charge on any atom is -0.481 e. The maximum Gasteiger partial charge on any atom is 0.404 e. The van der Waals surface area contributed by atoms with Gasteiger partial charge in [0.2, 0.25) is 0 Å². The van der Waals surface area contributed by atoms with Crippen LogP contribution in [-0.4, -0.2) is 22.6 Å². The summed E-state index contributed by atoms with van der Waals surface area (Å²) in [6, 6.07) is 0. The molecule has 1 fully saturated rings. The molecule has 15 heavy (non-hydrogen) atoms. The van der Waals surface area contributed by atoms with E-state index in [2.05, 4.69) is 0 Å². The zero-order valence-corrected chi connectivity index (χ0v) is 9.06. The zero-order valence-electron chi connectivity index (χ0n) is 8.31. The average Bonchev–Trinajstić information content (AvgIpc) is 2.50. The minimum atomic E-state index is -4.46. The number of carboxylic acid groups (broad SMARTS) is 1. The van der Waals surface area contributed by atoms with Crippen molar-refractivity contribution in [1.29, 1.82) is 0 Å². The van der Waals surface area contributed by atoms with E-state index in [1.807, 2.05) is 0 Å². The smallest absolute Gasteiger partial charge is 0.404 e. The van der Waals surface area contributed by atoms with Crippen molar-refractivity contribution < 1.29 is 23.1 Å². The first-order chi connectivity index (χ1) is 6.58. The number of carbonyl (C=O) groups is 1. The number of alkyl halides is 4. The van der Waals surface area contributed by atoms with Crippen LogP contribution in [-0.2, 0) is 4.79 Å². The van der Waals surface area contributed by atoms with Gasteiger partial charge in [-0.25, -0.2) is 0 Å². The summed E-state index contributed by atoms with van der Waals surface area (Å²) in [4.78, 5) is 10.7. The minimum absolute atomic E-state index is 0.324. The highest BCUT2D eigenvalue weighted by Gasteiger charge is 2.63. The molecule has 0 spiro atoms. The Balaban J connectivity index is 2.59. The van der Waals surface area contributed by atoms with Gasteiger partial charge in [0.25, 0.3) is 0 Å². The molecule has 0 bridgehead atoms. The third-order valence-electron chi connectivity index (χ3n) is 3.13. The Labute approximate surface area is 90.4 Å². The van der Waals surface area contributed by atoms with Gasteiger partial charge < -0.3 is 5.11 Å². The molecule has 1 N–H and O–H groups in total. The predicted octanol–water partition coefficient (Wildman–Crippen LogP) is 2.90. The average molecular weight is 245 g/mol. The zero-order chi connectivity index (χ0) is 12.0. The fraction of sp³-hybridized carbons (Fsp3) is 0.889. The molecular weight excluding hydrogens is 233 g/mol.